The van der Waals surface area contributed by atoms with Crippen LogP contribution in [0.4, 0.5) is 11.4 Å². The Bertz CT molecular complexity index is 662. The summed E-state index contributed by atoms with van der Waals surface area (Å²) in [7, 11) is 0. The number of anilines is 2. The normalized spacial score (nSPS) is 14.0. The lowest BCUT2D eigenvalue weighted by atomic mass is 10.1. The molecule has 0 saturated carbocycles. The molecule has 1 aliphatic rings. The molecule has 0 aliphatic carbocycles. The van der Waals surface area contributed by atoms with Gasteiger partial charge in [0.15, 0.2) is 0 Å². The van der Waals surface area contributed by atoms with Gasteiger partial charge in [0.05, 0.1) is 16.9 Å². The number of hydrogen-bond donors (Lipinski definition) is 1. The van der Waals surface area contributed by atoms with Gasteiger partial charge in [-0.2, -0.15) is 20.9 Å². The van der Waals surface area contributed by atoms with Gasteiger partial charge in [-0.3, -0.25) is 5.43 Å². The van der Waals surface area contributed by atoms with Gasteiger partial charge in [-0.25, -0.2) is 0 Å². The van der Waals surface area contributed by atoms with E-state index < -0.39 is 0 Å². The summed E-state index contributed by atoms with van der Waals surface area (Å²) in [6, 6.07) is 10.9. The van der Waals surface area contributed by atoms with E-state index in [1.807, 2.05) is 6.07 Å². The van der Waals surface area contributed by atoms with Gasteiger partial charge < -0.3 is 4.90 Å². The maximum Gasteiger partial charge on any atom is 0.237 e. The van der Waals surface area contributed by atoms with Crippen molar-refractivity contribution < 1.29 is 0 Å². The average molecular weight is 292 g/mol. The van der Waals surface area contributed by atoms with Gasteiger partial charge in [-0.05, 0) is 31.0 Å². The first kappa shape index (κ1) is 15.4. The minimum Gasteiger partial charge on any atom is -0.370 e. The van der Waals surface area contributed by atoms with Crippen molar-refractivity contribution in [2.24, 2.45) is 5.10 Å². The molecule has 2 rings (SSSR count). The first-order chi connectivity index (χ1) is 10.8. The largest absolute Gasteiger partial charge is 0.370 e. The van der Waals surface area contributed by atoms with E-state index in [2.05, 4.69) is 21.5 Å². The van der Waals surface area contributed by atoms with Crippen LogP contribution in [0.5, 0.6) is 0 Å². The summed E-state index contributed by atoms with van der Waals surface area (Å²) < 4.78 is 0. The topological polar surface area (TPSA) is 99.0 Å². The van der Waals surface area contributed by atoms with E-state index in [0.29, 0.717) is 11.3 Å². The van der Waals surface area contributed by atoms with Crippen molar-refractivity contribution >= 4 is 17.1 Å². The smallest absolute Gasteiger partial charge is 0.237 e. The molecule has 0 bridgehead atoms. The van der Waals surface area contributed by atoms with Crippen molar-refractivity contribution in [1.82, 2.24) is 0 Å². The van der Waals surface area contributed by atoms with E-state index in [1.54, 1.807) is 24.3 Å². The molecule has 6 nitrogen and oxygen atoms in total. The number of rotatable bonds is 3. The average Bonchev–Trinajstić information content (AvgIpc) is 2.84. The Kier molecular flexibility index (Phi) is 5.35. The molecule has 0 atom stereocenters. The van der Waals surface area contributed by atoms with Gasteiger partial charge in [0.2, 0.25) is 5.71 Å². The quantitative estimate of drug-likeness (QED) is 0.682. The van der Waals surface area contributed by atoms with Crippen LogP contribution in [0.15, 0.2) is 23.3 Å². The van der Waals surface area contributed by atoms with Crippen LogP contribution < -0.4 is 10.3 Å². The summed E-state index contributed by atoms with van der Waals surface area (Å²) in [4.78, 5) is 2.24. The number of nitrogens with one attached hydrogen (secondary N) is 1. The Hall–Kier alpha value is -3.04. The van der Waals surface area contributed by atoms with Gasteiger partial charge in [0.25, 0.3) is 0 Å². The Morgan fingerprint density at radius 2 is 1.73 bits per heavy atom. The number of nitriles is 3. The third-order valence-electron chi connectivity index (χ3n) is 3.57. The van der Waals surface area contributed by atoms with Crippen molar-refractivity contribution in [3.05, 3.63) is 23.8 Å². The van der Waals surface area contributed by atoms with E-state index in [0.717, 1.165) is 31.6 Å². The lowest BCUT2D eigenvalue weighted by Crippen LogP contribution is -2.24. The molecule has 0 unspecified atom stereocenters. The first-order valence-corrected chi connectivity index (χ1v) is 7.21. The molecule has 1 aromatic carbocycles. The van der Waals surface area contributed by atoms with Crippen LogP contribution >= 0.6 is 0 Å². The molecule has 1 N–H and O–H groups in total. The maximum atomic E-state index is 9.37. The van der Waals surface area contributed by atoms with E-state index in [1.165, 1.54) is 12.8 Å². The Morgan fingerprint density at radius 3 is 2.32 bits per heavy atom. The maximum absolute atomic E-state index is 9.37. The Labute approximate surface area is 129 Å². The molecule has 0 radical (unpaired) electrons. The van der Waals surface area contributed by atoms with Crippen LogP contribution in [-0.4, -0.2) is 18.8 Å². The summed E-state index contributed by atoms with van der Waals surface area (Å²) in [5.41, 5.74) is 4.46. The Morgan fingerprint density at radius 1 is 1.05 bits per heavy atom. The summed E-state index contributed by atoms with van der Waals surface area (Å²) >= 11 is 0. The molecule has 1 fully saturated rings. The zero-order valence-corrected chi connectivity index (χ0v) is 12.2. The predicted octanol–water partition coefficient (Wildman–Crippen LogP) is 2.75. The monoisotopic (exact) mass is 292 g/mol. The second-order valence-electron chi connectivity index (χ2n) is 5.04. The van der Waals surface area contributed by atoms with Gasteiger partial charge >= 0.3 is 0 Å². The molecular weight excluding hydrogens is 276 g/mol. The Balaban J connectivity index is 2.21. The summed E-state index contributed by atoms with van der Waals surface area (Å²) in [6.07, 6.45) is 4.75. The van der Waals surface area contributed by atoms with Crippen molar-refractivity contribution in [1.29, 1.82) is 15.8 Å². The molecule has 1 aromatic rings. The fraction of sp³-hybridized carbons (Fsp3) is 0.375. The number of hydrogen-bond acceptors (Lipinski definition) is 6. The molecule has 0 spiro atoms. The van der Waals surface area contributed by atoms with E-state index in [4.69, 9.17) is 10.5 Å². The number of hydrazone groups is 1. The van der Waals surface area contributed by atoms with E-state index in [9.17, 15) is 5.26 Å². The van der Waals surface area contributed by atoms with E-state index >= 15 is 0 Å². The second-order valence-corrected chi connectivity index (χ2v) is 5.04. The first-order valence-electron chi connectivity index (χ1n) is 7.21. The number of benzene rings is 1. The second kappa shape index (κ2) is 7.67. The molecular formula is C16H16N6. The molecule has 6 heteroatoms. The molecule has 1 aliphatic heterocycles. The predicted molar refractivity (Wildman–Crippen MR) is 84.1 cm³/mol. The number of nitrogens with zero attached hydrogens (tertiary/aromatic N) is 5. The van der Waals surface area contributed by atoms with Crippen molar-refractivity contribution in [3.8, 4) is 18.2 Å². The molecule has 1 saturated heterocycles. The van der Waals surface area contributed by atoms with Crippen molar-refractivity contribution in [3.63, 3.8) is 0 Å². The molecule has 0 amide bonds. The highest BCUT2D eigenvalue weighted by molar-refractivity contribution is 6.10. The SMILES string of the molecule is N#CC(C#N)=NNc1ccc(N2CCCCCC2)c(C#N)c1. The van der Waals surface area contributed by atoms with E-state index in [-0.39, 0.29) is 5.71 Å². The molecule has 110 valence electrons. The molecule has 22 heavy (non-hydrogen) atoms. The van der Waals surface area contributed by atoms with Gasteiger partial charge in [-0.15, -0.1) is 0 Å². The van der Waals surface area contributed by atoms with Crippen LogP contribution in [0, 0.1) is 34.0 Å². The third kappa shape index (κ3) is 3.75. The van der Waals surface area contributed by atoms with Crippen LogP contribution in [0.25, 0.3) is 0 Å². The lowest BCUT2D eigenvalue weighted by Gasteiger charge is -2.24. The van der Waals surface area contributed by atoms with Crippen molar-refractivity contribution in [2.45, 2.75) is 25.7 Å². The van der Waals surface area contributed by atoms with Gasteiger partial charge in [-0.1, -0.05) is 12.8 Å². The fourth-order valence-electron chi connectivity index (χ4n) is 2.48. The third-order valence-corrected chi connectivity index (χ3v) is 3.57. The minimum absolute atomic E-state index is 0.255. The zero-order valence-electron chi connectivity index (χ0n) is 12.2. The highest BCUT2D eigenvalue weighted by Gasteiger charge is 2.14. The summed E-state index contributed by atoms with van der Waals surface area (Å²) in [6.45, 7) is 1.93. The van der Waals surface area contributed by atoms with Crippen LogP contribution in [0.3, 0.4) is 0 Å². The van der Waals surface area contributed by atoms with Crippen molar-refractivity contribution in [2.75, 3.05) is 23.4 Å². The molecule has 0 aromatic heterocycles. The molecule has 1 heterocycles. The highest BCUT2D eigenvalue weighted by Crippen LogP contribution is 2.26. The van der Waals surface area contributed by atoms with Crippen LogP contribution in [0.2, 0.25) is 0 Å². The minimum atomic E-state index is -0.255. The van der Waals surface area contributed by atoms with Gasteiger partial charge in [0.1, 0.15) is 18.2 Å². The summed E-state index contributed by atoms with van der Waals surface area (Å²) in [5.74, 6) is 0. The van der Waals surface area contributed by atoms with Gasteiger partial charge in [0, 0.05) is 13.1 Å². The van der Waals surface area contributed by atoms with Crippen LogP contribution in [-0.2, 0) is 0 Å². The fourth-order valence-corrected chi connectivity index (χ4v) is 2.48. The highest BCUT2D eigenvalue weighted by atomic mass is 15.3. The zero-order chi connectivity index (χ0) is 15.8. The lowest BCUT2D eigenvalue weighted by molar-refractivity contribution is 0.726. The van der Waals surface area contributed by atoms with Crippen LogP contribution in [0.1, 0.15) is 31.2 Å². The summed E-state index contributed by atoms with van der Waals surface area (Å²) in [5, 5.41) is 30.3. The standard InChI is InChI=1S/C16H16N6/c17-10-13-9-14(20-21-15(11-18)12-19)5-6-16(13)22-7-3-1-2-4-8-22/h5-6,9,20H,1-4,7-8H2.